The van der Waals surface area contributed by atoms with Crippen LogP contribution in [0.25, 0.3) is 0 Å². The van der Waals surface area contributed by atoms with E-state index in [2.05, 4.69) is 25.2 Å². The van der Waals surface area contributed by atoms with Crippen LogP contribution in [0.3, 0.4) is 0 Å². The van der Waals surface area contributed by atoms with Crippen molar-refractivity contribution >= 4 is 0 Å². The van der Waals surface area contributed by atoms with E-state index >= 15 is 0 Å². The number of aromatic hydroxyl groups is 2. The molecule has 0 bridgehead atoms. The molecule has 2 aliphatic rings. The van der Waals surface area contributed by atoms with Crippen molar-refractivity contribution in [1.82, 2.24) is 5.32 Å². The molecule has 1 fully saturated rings. The molecule has 0 radical (unpaired) electrons. The largest absolute Gasteiger partial charge is 0.508 e. The van der Waals surface area contributed by atoms with Crippen molar-refractivity contribution in [1.29, 1.82) is 0 Å². The van der Waals surface area contributed by atoms with E-state index in [1.807, 2.05) is 24.3 Å². The third kappa shape index (κ3) is 4.08. The zero-order valence-electron chi connectivity index (χ0n) is 18.1. The standard InChI is InChI=1S/C26H35NO3/c1-17-9-10-18-14-20(28)11-12-21(18)22(17)15-24(26(2)13-5-8-25(26)30)27-16-19-6-3-4-7-23(19)29/h3-4,6-7,11-12,14,17,22,24-25,27-30H,5,8-10,13,15-16H2,1-2H3/t17?,22?,24-,25+,26-/m1/s1. The lowest BCUT2D eigenvalue weighted by Gasteiger charge is -2.42. The number of aliphatic hydroxyl groups excluding tert-OH is 1. The van der Waals surface area contributed by atoms with E-state index in [1.165, 1.54) is 11.1 Å². The molecule has 0 saturated heterocycles. The van der Waals surface area contributed by atoms with E-state index in [-0.39, 0.29) is 17.6 Å². The molecule has 4 heteroatoms. The Hall–Kier alpha value is -2.04. The summed E-state index contributed by atoms with van der Waals surface area (Å²) in [6.07, 6.45) is 5.69. The van der Waals surface area contributed by atoms with E-state index in [1.54, 1.807) is 12.1 Å². The lowest BCUT2D eigenvalue weighted by Crippen LogP contribution is -2.49. The molecule has 2 aromatic rings. The van der Waals surface area contributed by atoms with Gasteiger partial charge in [-0.25, -0.2) is 0 Å². The van der Waals surface area contributed by atoms with Gasteiger partial charge in [-0.3, -0.25) is 0 Å². The van der Waals surface area contributed by atoms with Crippen LogP contribution in [0.1, 0.15) is 68.6 Å². The van der Waals surface area contributed by atoms with E-state index in [9.17, 15) is 15.3 Å². The fraction of sp³-hybridized carbons (Fsp3) is 0.538. The number of hydrogen-bond acceptors (Lipinski definition) is 4. The molecule has 0 aromatic heterocycles. The Morgan fingerprint density at radius 2 is 1.93 bits per heavy atom. The molecule has 2 aromatic carbocycles. The Balaban J connectivity index is 1.61. The summed E-state index contributed by atoms with van der Waals surface area (Å²) in [5.41, 5.74) is 3.31. The second kappa shape index (κ2) is 8.60. The molecule has 1 saturated carbocycles. The fourth-order valence-corrected chi connectivity index (χ4v) is 5.73. The number of phenols is 2. The maximum atomic E-state index is 10.9. The maximum Gasteiger partial charge on any atom is 0.120 e. The third-order valence-electron chi connectivity index (χ3n) is 7.85. The van der Waals surface area contributed by atoms with E-state index in [0.29, 0.717) is 29.9 Å². The van der Waals surface area contributed by atoms with Crippen LogP contribution < -0.4 is 5.32 Å². The monoisotopic (exact) mass is 409 g/mol. The predicted octanol–water partition coefficient (Wildman–Crippen LogP) is 4.86. The molecule has 2 unspecified atom stereocenters. The summed E-state index contributed by atoms with van der Waals surface area (Å²) in [6.45, 7) is 5.13. The molecule has 5 atom stereocenters. The Bertz CT molecular complexity index is 882. The van der Waals surface area contributed by atoms with Crippen molar-refractivity contribution < 1.29 is 15.3 Å². The summed E-state index contributed by atoms with van der Waals surface area (Å²) in [6, 6.07) is 13.4. The van der Waals surface area contributed by atoms with Gasteiger partial charge in [-0.15, -0.1) is 0 Å². The van der Waals surface area contributed by atoms with Crippen LogP contribution >= 0.6 is 0 Å². The second-order valence-electron chi connectivity index (χ2n) is 9.72. The smallest absolute Gasteiger partial charge is 0.120 e. The van der Waals surface area contributed by atoms with Gasteiger partial charge in [-0.2, -0.15) is 0 Å². The Morgan fingerprint density at radius 1 is 1.13 bits per heavy atom. The zero-order valence-corrected chi connectivity index (χ0v) is 18.1. The van der Waals surface area contributed by atoms with Crippen LogP contribution in [-0.2, 0) is 13.0 Å². The van der Waals surface area contributed by atoms with Gasteiger partial charge in [-0.1, -0.05) is 44.5 Å². The Morgan fingerprint density at radius 3 is 2.67 bits per heavy atom. The van der Waals surface area contributed by atoms with Crippen molar-refractivity contribution in [3.63, 3.8) is 0 Å². The van der Waals surface area contributed by atoms with Gasteiger partial charge < -0.3 is 20.6 Å². The van der Waals surface area contributed by atoms with Crippen LogP contribution in [0.4, 0.5) is 0 Å². The number of hydrogen-bond donors (Lipinski definition) is 4. The molecule has 4 nitrogen and oxygen atoms in total. The number of nitrogens with one attached hydrogen (secondary N) is 1. The third-order valence-corrected chi connectivity index (χ3v) is 7.85. The summed E-state index contributed by atoms with van der Waals surface area (Å²) < 4.78 is 0. The van der Waals surface area contributed by atoms with Crippen LogP contribution in [0, 0.1) is 11.3 Å². The maximum absolute atomic E-state index is 10.9. The molecule has 30 heavy (non-hydrogen) atoms. The van der Waals surface area contributed by atoms with Crippen LogP contribution in [0.2, 0.25) is 0 Å². The first-order valence-electron chi connectivity index (χ1n) is 11.4. The minimum Gasteiger partial charge on any atom is -0.508 e. The number of rotatable bonds is 6. The second-order valence-corrected chi connectivity index (χ2v) is 9.72. The molecular weight excluding hydrogens is 374 g/mol. The number of para-hydroxylation sites is 1. The van der Waals surface area contributed by atoms with E-state index in [0.717, 1.165) is 44.1 Å². The van der Waals surface area contributed by atoms with Crippen molar-refractivity contribution in [2.24, 2.45) is 11.3 Å². The molecule has 162 valence electrons. The summed E-state index contributed by atoms with van der Waals surface area (Å²) in [5, 5.41) is 34.8. The van der Waals surface area contributed by atoms with Gasteiger partial charge >= 0.3 is 0 Å². The van der Waals surface area contributed by atoms with Crippen LogP contribution in [-0.4, -0.2) is 27.5 Å². The number of aryl methyl sites for hydroxylation is 1. The minimum atomic E-state index is -0.308. The highest BCUT2D eigenvalue weighted by atomic mass is 16.3. The minimum absolute atomic E-state index is 0.141. The van der Waals surface area contributed by atoms with Crippen LogP contribution in [0.5, 0.6) is 11.5 Å². The number of benzene rings is 2. The van der Waals surface area contributed by atoms with Crippen molar-refractivity contribution in [2.75, 3.05) is 0 Å². The van der Waals surface area contributed by atoms with Gasteiger partial charge in [0.05, 0.1) is 6.10 Å². The van der Waals surface area contributed by atoms with E-state index < -0.39 is 0 Å². The zero-order chi connectivity index (χ0) is 21.3. The quantitative estimate of drug-likeness (QED) is 0.550. The summed E-state index contributed by atoms with van der Waals surface area (Å²) >= 11 is 0. The number of fused-ring (bicyclic) bond motifs is 1. The first-order chi connectivity index (χ1) is 14.4. The average Bonchev–Trinajstić information content (AvgIpc) is 3.07. The molecule has 0 aliphatic heterocycles. The van der Waals surface area contributed by atoms with Crippen LogP contribution in [0.15, 0.2) is 42.5 Å². The first-order valence-corrected chi connectivity index (χ1v) is 11.4. The lowest BCUT2D eigenvalue weighted by molar-refractivity contribution is 0.0280. The first kappa shape index (κ1) is 21.2. The van der Waals surface area contributed by atoms with Gasteiger partial charge in [0.15, 0.2) is 0 Å². The molecule has 0 spiro atoms. The van der Waals surface area contributed by atoms with Gasteiger partial charge in [0, 0.05) is 23.6 Å². The normalized spacial score (nSPS) is 29.5. The van der Waals surface area contributed by atoms with Gasteiger partial charge in [0.25, 0.3) is 0 Å². The summed E-state index contributed by atoms with van der Waals surface area (Å²) in [7, 11) is 0. The number of aliphatic hydroxyl groups is 1. The highest BCUT2D eigenvalue weighted by molar-refractivity contribution is 5.39. The SMILES string of the molecule is CC1CCc2cc(O)ccc2C1C[C@@H](NCc1ccccc1O)[C@@]1(C)CCC[C@@H]1O. The predicted molar refractivity (Wildman–Crippen MR) is 120 cm³/mol. The lowest BCUT2D eigenvalue weighted by atomic mass is 9.68. The fourth-order valence-electron chi connectivity index (χ4n) is 5.73. The Kier molecular flexibility index (Phi) is 6.08. The molecule has 4 rings (SSSR count). The van der Waals surface area contributed by atoms with Gasteiger partial charge in [0.2, 0.25) is 0 Å². The highest BCUT2D eigenvalue weighted by Crippen LogP contribution is 2.47. The summed E-state index contributed by atoms with van der Waals surface area (Å²) in [5.74, 6) is 1.60. The van der Waals surface area contributed by atoms with E-state index in [4.69, 9.17) is 0 Å². The molecule has 2 aliphatic carbocycles. The Labute approximate surface area is 180 Å². The summed E-state index contributed by atoms with van der Waals surface area (Å²) in [4.78, 5) is 0. The number of phenolic OH excluding ortho intramolecular Hbond substituents is 2. The molecular formula is C26H35NO3. The topological polar surface area (TPSA) is 72.7 Å². The van der Waals surface area contributed by atoms with Crippen molar-refractivity contribution in [3.05, 3.63) is 59.2 Å². The van der Waals surface area contributed by atoms with Gasteiger partial charge in [0.1, 0.15) is 11.5 Å². The van der Waals surface area contributed by atoms with Gasteiger partial charge in [-0.05, 0) is 73.3 Å². The molecule has 4 N–H and O–H groups in total. The van der Waals surface area contributed by atoms with Crippen molar-refractivity contribution in [2.45, 2.75) is 77.0 Å². The molecule has 0 heterocycles. The highest BCUT2D eigenvalue weighted by Gasteiger charge is 2.45. The molecule has 0 amide bonds. The van der Waals surface area contributed by atoms with Crippen molar-refractivity contribution in [3.8, 4) is 11.5 Å². The average molecular weight is 410 g/mol.